The monoisotopic (exact) mass is 567 g/mol. The molecule has 0 fully saturated rings. The zero-order valence-corrected chi connectivity index (χ0v) is 21.6. The van der Waals surface area contributed by atoms with Crippen molar-refractivity contribution in [2.75, 3.05) is 26.3 Å². The van der Waals surface area contributed by atoms with Crippen molar-refractivity contribution in [3.63, 3.8) is 0 Å². The highest BCUT2D eigenvalue weighted by molar-refractivity contribution is 14.0. The SMILES string of the molecule is CCNC(=NCc1ccc(OCCOc2ccccc2)nc1)NCCc1csc(C)n1.I. The maximum atomic E-state index is 5.64. The average molecular weight is 567 g/mol. The van der Waals surface area contributed by atoms with Gasteiger partial charge in [0.05, 0.1) is 17.2 Å². The van der Waals surface area contributed by atoms with Crippen LogP contribution < -0.4 is 20.1 Å². The van der Waals surface area contributed by atoms with Crippen LogP contribution in [-0.2, 0) is 13.0 Å². The zero-order chi connectivity index (χ0) is 21.7. The molecule has 32 heavy (non-hydrogen) atoms. The van der Waals surface area contributed by atoms with E-state index >= 15 is 0 Å². The molecule has 2 aromatic heterocycles. The summed E-state index contributed by atoms with van der Waals surface area (Å²) in [5, 5.41) is 9.82. The maximum Gasteiger partial charge on any atom is 0.213 e. The van der Waals surface area contributed by atoms with Gasteiger partial charge in [0, 0.05) is 37.2 Å². The van der Waals surface area contributed by atoms with Gasteiger partial charge in [0.25, 0.3) is 0 Å². The summed E-state index contributed by atoms with van der Waals surface area (Å²) in [5.74, 6) is 2.19. The Morgan fingerprint density at radius 2 is 1.88 bits per heavy atom. The fourth-order valence-electron chi connectivity index (χ4n) is 2.76. The van der Waals surface area contributed by atoms with Crippen LogP contribution in [0.3, 0.4) is 0 Å². The quantitative estimate of drug-likeness (QED) is 0.156. The highest BCUT2D eigenvalue weighted by atomic mass is 127. The summed E-state index contributed by atoms with van der Waals surface area (Å²) in [7, 11) is 0. The van der Waals surface area contributed by atoms with E-state index in [1.165, 1.54) is 0 Å². The van der Waals surface area contributed by atoms with Gasteiger partial charge in [0.2, 0.25) is 5.88 Å². The van der Waals surface area contributed by atoms with Crippen LogP contribution in [0.15, 0.2) is 59.0 Å². The molecule has 0 aliphatic rings. The van der Waals surface area contributed by atoms with Crippen molar-refractivity contribution in [1.29, 1.82) is 0 Å². The number of nitrogens with one attached hydrogen (secondary N) is 2. The number of aryl methyl sites for hydroxylation is 1. The van der Waals surface area contributed by atoms with Crippen LogP contribution in [-0.4, -0.2) is 42.2 Å². The van der Waals surface area contributed by atoms with Gasteiger partial charge in [-0.15, -0.1) is 35.3 Å². The first kappa shape index (κ1) is 25.9. The Balaban J connectivity index is 0.00000363. The number of pyridine rings is 1. The number of aromatic nitrogens is 2. The Labute approximate surface area is 210 Å². The molecule has 0 unspecified atom stereocenters. The van der Waals surface area contributed by atoms with Crippen LogP contribution in [0.2, 0.25) is 0 Å². The first-order chi connectivity index (χ1) is 15.2. The third kappa shape index (κ3) is 9.39. The van der Waals surface area contributed by atoms with E-state index in [4.69, 9.17) is 9.47 Å². The second-order valence-corrected chi connectivity index (χ2v) is 7.81. The van der Waals surface area contributed by atoms with Crippen molar-refractivity contribution in [2.45, 2.75) is 26.8 Å². The van der Waals surface area contributed by atoms with Crippen molar-refractivity contribution < 1.29 is 9.47 Å². The minimum Gasteiger partial charge on any atom is -0.490 e. The molecule has 2 heterocycles. The Morgan fingerprint density at radius 3 is 2.56 bits per heavy atom. The van der Waals surface area contributed by atoms with Gasteiger partial charge in [-0.05, 0) is 31.5 Å². The minimum absolute atomic E-state index is 0. The van der Waals surface area contributed by atoms with Gasteiger partial charge in [-0.25, -0.2) is 15.0 Å². The number of hydrogen-bond donors (Lipinski definition) is 2. The van der Waals surface area contributed by atoms with E-state index in [-0.39, 0.29) is 24.0 Å². The van der Waals surface area contributed by atoms with E-state index in [9.17, 15) is 0 Å². The molecule has 0 saturated heterocycles. The number of aliphatic imine (C=N–C) groups is 1. The number of halogens is 1. The molecule has 0 bridgehead atoms. The van der Waals surface area contributed by atoms with Crippen molar-refractivity contribution in [3.05, 3.63) is 70.3 Å². The Bertz CT molecular complexity index is 935. The van der Waals surface area contributed by atoms with Gasteiger partial charge in [-0.3, -0.25) is 0 Å². The van der Waals surface area contributed by atoms with E-state index in [2.05, 4.69) is 37.9 Å². The van der Waals surface area contributed by atoms with Gasteiger partial charge < -0.3 is 20.1 Å². The summed E-state index contributed by atoms with van der Waals surface area (Å²) in [4.78, 5) is 13.5. The van der Waals surface area contributed by atoms with E-state index in [1.807, 2.05) is 49.4 Å². The lowest BCUT2D eigenvalue weighted by Crippen LogP contribution is -2.38. The number of guanidine groups is 1. The zero-order valence-electron chi connectivity index (χ0n) is 18.4. The molecule has 3 rings (SSSR count). The fraction of sp³-hybridized carbons (Fsp3) is 0.348. The van der Waals surface area contributed by atoms with Gasteiger partial charge >= 0.3 is 0 Å². The summed E-state index contributed by atoms with van der Waals surface area (Å²) in [6, 6.07) is 13.5. The molecular formula is C23H30IN5O2S. The van der Waals surface area contributed by atoms with Gasteiger partial charge in [0.1, 0.15) is 19.0 Å². The molecular weight excluding hydrogens is 537 g/mol. The third-order valence-electron chi connectivity index (χ3n) is 4.25. The van der Waals surface area contributed by atoms with Crippen LogP contribution in [0.1, 0.15) is 23.2 Å². The summed E-state index contributed by atoms with van der Waals surface area (Å²) in [6.45, 7) is 7.10. The number of nitrogens with zero attached hydrogens (tertiary/aromatic N) is 3. The largest absolute Gasteiger partial charge is 0.490 e. The normalized spacial score (nSPS) is 10.9. The molecule has 3 aromatic rings. The second kappa shape index (κ2) is 14.6. The average Bonchev–Trinajstić information content (AvgIpc) is 3.21. The highest BCUT2D eigenvalue weighted by Gasteiger charge is 2.02. The van der Waals surface area contributed by atoms with Crippen molar-refractivity contribution in [1.82, 2.24) is 20.6 Å². The predicted molar refractivity (Wildman–Crippen MR) is 140 cm³/mol. The molecule has 0 aliphatic heterocycles. The van der Waals surface area contributed by atoms with Crippen molar-refractivity contribution >= 4 is 41.3 Å². The van der Waals surface area contributed by atoms with Crippen LogP contribution in [0.5, 0.6) is 11.6 Å². The van der Waals surface area contributed by atoms with Gasteiger partial charge in [0.15, 0.2) is 5.96 Å². The third-order valence-corrected chi connectivity index (χ3v) is 5.07. The lowest BCUT2D eigenvalue weighted by molar-refractivity contribution is 0.212. The van der Waals surface area contributed by atoms with Crippen LogP contribution in [0.4, 0.5) is 0 Å². The molecule has 172 valence electrons. The summed E-state index contributed by atoms with van der Waals surface area (Å²) < 4.78 is 11.3. The molecule has 0 radical (unpaired) electrons. The number of rotatable bonds is 11. The Kier molecular flexibility index (Phi) is 11.8. The van der Waals surface area contributed by atoms with E-state index in [1.54, 1.807) is 17.5 Å². The number of benzene rings is 1. The number of hydrogen-bond acceptors (Lipinski definition) is 6. The molecule has 0 spiro atoms. The number of ether oxygens (including phenoxy) is 2. The van der Waals surface area contributed by atoms with E-state index < -0.39 is 0 Å². The Hall–Kier alpha value is -2.40. The topological polar surface area (TPSA) is 80.7 Å². The standard InChI is InChI=1S/C23H29N5O2S.HI/c1-3-24-23(25-12-11-20-17-31-18(2)28-20)27-16-19-9-10-22(26-15-19)30-14-13-29-21-7-5-4-6-8-21;/h4-10,15,17H,3,11-14,16H2,1-2H3,(H2,24,25,27);1H. The molecule has 7 nitrogen and oxygen atoms in total. The lowest BCUT2D eigenvalue weighted by Gasteiger charge is -2.11. The molecule has 0 saturated carbocycles. The van der Waals surface area contributed by atoms with E-state index in [0.717, 1.165) is 47.5 Å². The molecule has 0 aliphatic carbocycles. The van der Waals surface area contributed by atoms with Crippen LogP contribution in [0.25, 0.3) is 0 Å². The fourth-order valence-corrected chi connectivity index (χ4v) is 3.40. The van der Waals surface area contributed by atoms with Gasteiger partial charge in [-0.1, -0.05) is 24.3 Å². The Morgan fingerprint density at radius 1 is 1.06 bits per heavy atom. The van der Waals surface area contributed by atoms with E-state index in [0.29, 0.717) is 25.6 Å². The molecule has 0 amide bonds. The van der Waals surface area contributed by atoms with Crippen molar-refractivity contribution in [2.24, 2.45) is 4.99 Å². The summed E-state index contributed by atoms with van der Waals surface area (Å²) in [6.07, 6.45) is 2.66. The number of thiazole rings is 1. The molecule has 0 atom stereocenters. The number of para-hydroxylation sites is 1. The predicted octanol–water partition coefficient (Wildman–Crippen LogP) is 4.22. The summed E-state index contributed by atoms with van der Waals surface area (Å²) in [5.41, 5.74) is 2.13. The first-order valence-corrected chi connectivity index (χ1v) is 11.3. The molecule has 2 N–H and O–H groups in total. The van der Waals surface area contributed by atoms with Crippen LogP contribution in [0, 0.1) is 6.92 Å². The molecule has 1 aromatic carbocycles. The lowest BCUT2D eigenvalue weighted by atomic mass is 10.3. The minimum atomic E-state index is 0. The van der Waals surface area contributed by atoms with Gasteiger partial charge in [-0.2, -0.15) is 0 Å². The first-order valence-electron chi connectivity index (χ1n) is 10.4. The molecule has 9 heteroatoms. The van der Waals surface area contributed by atoms with Crippen molar-refractivity contribution in [3.8, 4) is 11.6 Å². The highest BCUT2D eigenvalue weighted by Crippen LogP contribution is 2.11. The second-order valence-electron chi connectivity index (χ2n) is 6.74. The summed E-state index contributed by atoms with van der Waals surface area (Å²) >= 11 is 1.68. The van der Waals surface area contributed by atoms with Crippen LogP contribution >= 0.6 is 35.3 Å². The smallest absolute Gasteiger partial charge is 0.213 e. The maximum absolute atomic E-state index is 5.64.